The van der Waals surface area contributed by atoms with Crippen LogP contribution in [-0.4, -0.2) is 30.3 Å². The lowest BCUT2D eigenvalue weighted by molar-refractivity contribution is -0.122. The summed E-state index contributed by atoms with van der Waals surface area (Å²) in [5.41, 5.74) is 2.08. The molecule has 25 heavy (non-hydrogen) atoms. The number of hydrogen-bond acceptors (Lipinski definition) is 3. The third-order valence-electron chi connectivity index (χ3n) is 4.91. The zero-order valence-electron chi connectivity index (χ0n) is 14.5. The van der Waals surface area contributed by atoms with Gasteiger partial charge in [-0.2, -0.15) is 0 Å². The number of amides is 1. The Morgan fingerprint density at radius 1 is 1.16 bits per heavy atom. The van der Waals surface area contributed by atoms with E-state index >= 15 is 0 Å². The van der Waals surface area contributed by atoms with Crippen molar-refractivity contribution < 1.29 is 14.6 Å². The number of nitrogens with one attached hydrogen (secondary N) is 1. The smallest absolute Gasteiger partial charge is 0.224 e. The first-order valence-corrected chi connectivity index (χ1v) is 8.79. The van der Waals surface area contributed by atoms with Gasteiger partial charge < -0.3 is 15.2 Å². The molecular formula is C21H25NO3. The van der Waals surface area contributed by atoms with Crippen LogP contribution in [0.2, 0.25) is 0 Å². The lowest BCUT2D eigenvalue weighted by Gasteiger charge is -2.38. The fourth-order valence-electron chi connectivity index (χ4n) is 3.44. The van der Waals surface area contributed by atoms with E-state index in [1.165, 1.54) is 5.56 Å². The van der Waals surface area contributed by atoms with Crippen LogP contribution in [0, 0.1) is 5.92 Å². The predicted molar refractivity (Wildman–Crippen MR) is 97.5 cm³/mol. The minimum Gasteiger partial charge on any atom is -0.496 e. The van der Waals surface area contributed by atoms with E-state index in [0.717, 1.165) is 30.6 Å². The Morgan fingerprint density at radius 2 is 1.84 bits per heavy atom. The summed E-state index contributed by atoms with van der Waals surface area (Å²) in [5.74, 6) is 1.06. The molecule has 1 amide bonds. The van der Waals surface area contributed by atoms with Gasteiger partial charge in [0.2, 0.25) is 5.91 Å². The van der Waals surface area contributed by atoms with Gasteiger partial charge in [0, 0.05) is 11.6 Å². The summed E-state index contributed by atoms with van der Waals surface area (Å²) in [6.45, 7) is 0. The molecule has 2 aromatic carbocycles. The van der Waals surface area contributed by atoms with Gasteiger partial charge >= 0.3 is 0 Å². The number of methoxy groups -OCH3 is 1. The molecule has 0 aliphatic heterocycles. The zero-order valence-corrected chi connectivity index (χ0v) is 14.5. The van der Waals surface area contributed by atoms with Crippen molar-refractivity contribution >= 4 is 5.91 Å². The van der Waals surface area contributed by atoms with E-state index in [0.29, 0.717) is 12.3 Å². The molecule has 4 nitrogen and oxygen atoms in total. The van der Waals surface area contributed by atoms with Gasteiger partial charge in [-0.1, -0.05) is 48.5 Å². The Kier molecular flexibility index (Phi) is 5.71. The van der Waals surface area contributed by atoms with Crippen LogP contribution in [0.15, 0.2) is 54.6 Å². The topological polar surface area (TPSA) is 58.6 Å². The number of rotatable bonds is 7. The summed E-state index contributed by atoms with van der Waals surface area (Å²) >= 11 is 0. The molecule has 0 bridgehead atoms. The number of aliphatic hydroxyl groups is 1. The van der Waals surface area contributed by atoms with Gasteiger partial charge in [0.1, 0.15) is 5.75 Å². The van der Waals surface area contributed by atoms with Crippen LogP contribution in [0.3, 0.4) is 0 Å². The molecule has 1 fully saturated rings. The summed E-state index contributed by atoms with van der Waals surface area (Å²) in [4.78, 5) is 12.6. The number of carbonyl (C=O) groups excluding carboxylic acids is 1. The summed E-state index contributed by atoms with van der Waals surface area (Å²) in [7, 11) is 1.62. The second-order valence-corrected chi connectivity index (χ2v) is 6.74. The van der Waals surface area contributed by atoms with Crippen molar-refractivity contribution in [2.75, 3.05) is 7.11 Å². The molecule has 0 saturated heterocycles. The van der Waals surface area contributed by atoms with Crippen molar-refractivity contribution in [1.29, 1.82) is 0 Å². The average Bonchev–Trinajstić information content (AvgIpc) is 2.60. The fourth-order valence-corrected chi connectivity index (χ4v) is 3.44. The van der Waals surface area contributed by atoms with E-state index < -0.39 is 0 Å². The molecule has 1 aliphatic rings. The highest BCUT2D eigenvalue weighted by atomic mass is 16.5. The van der Waals surface area contributed by atoms with E-state index in [2.05, 4.69) is 17.4 Å². The quantitative estimate of drug-likeness (QED) is 0.815. The number of para-hydroxylation sites is 1. The third kappa shape index (κ3) is 4.60. The van der Waals surface area contributed by atoms with Crippen LogP contribution < -0.4 is 10.1 Å². The van der Waals surface area contributed by atoms with Crippen LogP contribution in [0.5, 0.6) is 5.75 Å². The SMILES string of the molecule is COc1ccccc1CC(=O)NC(Cc1ccccc1)C1CC(O)C1. The van der Waals surface area contributed by atoms with Crippen molar-refractivity contribution in [1.82, 2.24) is 5.32 Å². The number of benzene rings is 2. The molecule has 0 aromatic heterocycles. The number of carbonyl (C=O) groups is 1. The first-order chi connectivity index (χ1) is 12.2. The average molecular weight is 339 g/mol. The highest BCUT2D eigenvalue weighted by Crippen LogP contribution is 2.32. The summed E-state index contributed by atoms with van der Waals surface area (Å²) in [6, 6.07) is 17.8. The second-order valence-electron chi connectivity index (χ2n) is 6.74. The monoisotopic (exact) mass is 339 g/mol. The highest BCUT2D eigenvalue weighted by Gasteiger charge is 2.34. The van der Waals surface area contributed by atoms with Gasteiger partial charge in [-0.15, -0.1) is 0 Å². The van der Waals surface area contributed by atoms with Gasteiger partial charge in [0.25, 0.3) is 0 Å². The predicted octanol–water partition coefficient (Wildman–Crippen LogP) is 2.74. The molecule has 0 radical (unpaired) electrons. The molecule has 2 aromatic rings. The molecule has 1 unspecified atom stereocenters. The van der Waals surface area contributed by atoms with Crippen LogP contribution in [0.1, 0.15) is 24.0 Å². The van der Waals surface area contributed by atoms with Gasteiger partial charge in [-0.05, 0) is 36.8 Å². The molecule has 4 heteroatoms. The van der Waals surface area contributed by atoms with Crippen molar-refractivity contribution in [2.24, 2.45) is 5.92 Å². The lowest BCUT2D eigenvalue weighted by atomic mass is 9.75. The Morgan fingerprint density at radius 3 is 2.52 bits per heavy atom. The molecule has 132 valence electrons. The van der Waals surface area contributed by atoms with Crippen LogP contribution in [0.4, 0.5) is 0 Å². The Bertz CT molecular complexity index is 695. The van der Waals surface area contributed by atoms with Crippen LogP contribution >= 0.6 is 0 Å². The first kappa shape index (κ1) is 17.5. The largest absolute Gasteiger partial charge is 0.496 e. The number of aliphatic hydroxyl groups excluding tert-OH is 1. The van der Waals surface area contributed by atoms with E-state index in [-0.39, 0.29) is 18.1 Å². The summed E-state index contributed by atoms with van der Waals surface area (Å²) < 4.78 is 5.33. The summed E-state index contributed by atoms with van der Waals surface area (Å²) in [6.07, 6.45) is 2.37. The fraction of sp³-hybridized carbons (Fsp3) is 0.381. The molecular weight excluding hydrogens is 314 g/mol. The molecule has 1 aliphatic carbocycles. The lowest BCUT2D eigenvalue weighted by Crippen LogP contribution is -2.48. The Hall–Kier alpha value is -2.33. The van der Waals surface area contributed by atoms with E-state index in [9.17, 15) is 9.90 Å². The minimum absolute atomic E-state index is 0.00757. The normalized spacial score (nSPS) is 20.4. The Balaban J connectivity index is 1.66. The van der Waals surface area contributed by atoms with Gasteiger partial charge in [-0.25, -0.2) is 0 Å². The molecule has 1 saturated carbocycles. The Labute approximate surface area is 148 Å². The van der Waals surface area contributed by atoms with E-state index in [1.54, 1.807) is 7.11 Å². The maximum Gasteiger partial charge on any atom is 0.224 e. The standard InChI is InChI=1S/C21H25NO3/c1-25-20-10-6-5-9-16(20)14-21(24)22-19(17-12-18(23)13-17)11-15-7-3-2-4-8-15/h2-10,17-19,23H,11-14H2,1H3,(H,22,24). The second kappa shape index (κ2) is 8.17. The van der Waals surface area contributed by atoms with Gasteiger partial charge in [0.15, 0.2) is 0 Å². The van der Waals surface area contributed by atoms with Crippen molar-refractivity contribution in [3.8, 4) is 5.75 Å². The summed E-state index contributed by atoms with van der Waals surface area (Å²) in [5, 5.41) is 12.8. The van der Waals surface area contributed by atoms with Crippen LogP contribution in [0.25, 0.3) is 0 Å². The zero-order chi connectivity index (χ0) is 17.6. The maximum atomic E-state index is 12.6. The third-order valence-corrected chi connectivity index (χ3v) is 4.91. The van der Waals surface area contributed by atoms with Crippen LogP contribution in [-0.2, 0) is 17.6 Å². The molecule has 3 rings (SSSR count). The minimum atomic E-state index is -0.227. The first-order valence-electron chi connectivity index (χ1n) is 8.79. The molecule has 0 heterocycles. The molecule has 0 spiro atoms. The van der Waals surface area contributed by atoms with Crippen molar-refractivity contribution in [3.63, 3.8) is 0 Å². The van der Waals surface area contributed by atoms with E-state index in [4.69, 9.17) is 4.74 Å². The highest BCUT2D eigenvalue weighted by molar-refractivity contribution is 5.79. The molecule has 1 atom stereocenters. The van der Waals surface area contributed by atoms with Gasteiger partial charge in [0.05, 0.1) is 19.6 Å². The number of ether oxygens (including phenoxy) is 1. The van der Waals surface area contributed by atoms with Gasteiger partial charge in [-0.3, -0.25) is 4.79 Å². The van der Waals surface area contributed by atoms with E-state index in [1.807, 2.05) is 42.5 Å². The molecule has 2 N–H and O–H groups in total. The van der Waals surface area contributed by atoms with Crippen molar-refractivity contribution in [3.05, 3.63) is 65.7 Å². The number of hydrogen-bond donors (Lipinski definition) is 2. The van der Waals surface area contributed by atoms with Crippen molar-refractivity contribution in [2.45, 2.75) is 37.8 Å². The maximum absolute atomic E-state index is 12.6.